The van der Waals surface area contributed by atoms with Crippen molar-refractivity contribution in [2.45, 2.75) is 11.8 Å². The number of carbonyl (C=O) groups is 1. The Kier molecular flexibility index (Phi) is 3.89. The lowest BCUT2D eigenvalue weighted by molar-refractivity contribution is 0.0954. The van der Waals surface area contributed by atoms with Crippen molar-refractivity contribution in [3.05, 3.63) is 30.1 Å². The fourth-order valence-corrected chi connectivity index (χ4v) is 1.00. The summed E-state index contributed by atoms with van der Waals surface area (Å²) in [6, 6.07) is 3.38. The molecular formula is C9H11BrN2O. The van der Waals surface area contributed by atoms with Gasteiger partial charge in [0.05, 0.1) is 0 Å². The molecule has 0 spiro atoms. The zero-order valence-corrected chi connectivity index (χ0v) is 8.91. The van der Waals surface area contributed by atoms with Crippen molar-refractivity contribution in [2.24, 2.45) is 0 Å². The van der Waals surface area contributed by atoms with Crippen LogP contribution < -0.4 is 5.32 Å². The van der Waals surface area contributed by atoms with Crippen LogP contribution in [0.4, 0.5) is 0 Å². The SMILES string of the molecule is CC(Br)CNC(=O)c1ccncc1. The average Bonchev–Trinajstić information content (AvgIpc) is 2.15. The highest BCUT2D eigenvalue weighted by molar-refractivity contribution is 9.09. The number of carbonyl (C=O) groups excluding carboxylic acids is 1. The van der Waals surface area contributed by atoms with Gasteiger partial charge < -0.3 is 5.32 Å². The van der Waals surface area contributed by atoms with Gasteiger partial charge in [0.2, 0.25) is 0 Å². The number of nitrogens with zero attached hydrogens (tertiary/aromatic N) is 1. The van der Waals surface area contributed by atoms with Crippen molar-refractivity contribution in [1.82, 2.24) is 10.3 Å². The van der Waals surface area contributed by atoms with Gasteiger partial charge in [0.25, 0.3) is 5.91 Å². The summed E-state index contributed by atoms with van der Waals surface area (Å²) in [5, 5.41) is 2.78. The lowest BCUT2D eigenvalue weighted by Crippen LogP contribution is -2.28. The fourth-order valence-electron chi connectivity index (χ4n) is 0.839. The first-order chi connectivity index (χ1) is 6.20. The molecule has 1 unspecified atom stereocenters. The van der Waals surface area contributed by atoms with Gasteiger partial charge in [-0.1, -0.05) is 22.9 Å². The molecule has 1 aromatic heterocycles. The van der Waals surface area contributed by atoms with E-state index >= 15 is 0 Å². The van der Waals surface area contributed by atoms with E-state index in [1.54, 1.807) is 24.5 Å². The minimum atomic E-state index is -0.0614. The van der Waals surface area contributed by atoms with Crippen LogP contribution in [0.25, 0.3) is 0 Å². The molecule has 0 aliphatic carbocycles. The predicted molar refractivity (Wildman–Crippen MR) is 55.0 cm³/mol. The number of halogens is 1. The largest absolute Gasteiger partial charge is 0.351 e. The molecule has 1 amide bonds. The molecule has 0 aliphatic rings. The highest BCUT2D eigenvalue weighted by Gasteiger charge is 2.04. The first-order valence-electron chi connectivity index (χ1n) is 4.02. The third-order valence-electron chi connectivity index (χ3n) is 1.49. The number of aromatic nitrogens is 1. The van der Waals surface area contributed by atoms with E-state index in [4.69, 9.17) is 0 Å². The maximum atomic E-state index is 11.4. The van der Waals surface area contributed by atoms with E-state index in [1.807, 2.05) is 6.92 Å². The molecule has 1 heterocycles. The molecule has 0 aliphatic heterocycles. The lowest BCUT2D eigenvalue weighted by Gasteiger charge is -2.05. The molecule has 1 atom stereocenters. The standard InChI is InChI=1S/C9H11BrN2O/c1-7(10)6-12-9(13)8-2-4-11-5-3-8/h2-5,7H,6H2,1H3,(H,12,13). The van der Waals surface area contributed by atoms with Crippen molar-refractivity contribution >= 4 is 21.8 Å². The molecule has 0 aromatic carbocycles. The molecule has 0 fully saturated rings. The molecule has 1 rings (SSSR count). The third kappa shape index (κ3) is 3.55. The molecular weight excluding hydrogens is 232 g/mol. The zero-order valence-electron chi connectivity index (χ0n) is 7.33. The molecule has 4 heteroatoms. The minimum Gasteiger partial charge on any atom is -0.351 e. The van der Waals surface area contributed by atoms with Crippen LogP contribution in [0.3, 0.4) is 0 Å². The van der Waals surface area contributed by atoms with Crippen molar-refractivity contribution in [3.63, 3.8) is 0 Å². The molecule has 0 radical (unpaired) electrons. The Balaban J connectivity index is 2.50. The molecule has 1 N–H and O–H groups in total. The second kappa shape index (κ2) is 4.97. The van der Waals surface area contributed by atoms with E-state index in [-0.39, 0.29) is 5.91 Å². The van der Waals surface area contributed by atoms with E-state index in [0.29, 0.717) is 16.9 Å². The van der Waals surface area contributed by atoms with E-state index in [1.165, 1.54) is 0 Å². The summed E-state index contributed by atoms with van der Waals surface area (Å²) < 4.78 is 0. The first kappa shape index (κ1) is 10.2. The molecule has 13 heavy (non-hydrogen) atoms. The van der Waals surface area contributed by atoms with E-state index in [2.05, 4.69) is 26.2 Å². The maximum Gasteiger partial charge on any atom is 0.251 e. The average molecular weight is 243 g/mol. The Morgan fingerprint density at radius 1 is 1.62 bits per heavy atom. The van der Waals surface area contributed by atoms with Crippen LogP contribution in [0.1, 0.15) is 17.3 Å². The number of hydrogen-bond acceptors (Lipinski definition) is 2. The van der Waals surface area contributed by atoms with Crippen molar-refractivity contribution in [1.29, 1.82) is 0 Å². The summed E-state index contributed by atoms with van der Waals surface area (Å²) >= 11 is 3.35. The highest BCUT2D eigenvalue weighted by atomic mass is 79.9. The minimum absolute atomic E-state index is 0.0614. The summed E-state index contributed by atoms with van der Waals surface area (Å²) in [4.78, 5) is 15.5. The summed E-state index contributed by atoms with van der Waals surface area (Å²) in [5.74, 6) is -0.0614. The number of pyridine rings is 1. The predicted octanol–water partition coefficient (Wildman–Crippen LogP) is 1.59. The smallest absolute Gasteiger partial charge is 0.251 e. The van der Waals surface area contributed by atoms with Crippen molar-refractivity contribution < 1.29 is 4.79 Å². The van der Waals surface area contributed by atoms with Gasteiger partial charge in [-0.05, 0) is 12.1 Å². The number of alkyl halides is 1. The number of nitrogens with one attached hydrogen (secondary N) is 1. The van der Waals surface area contributed by atoms with Crippen molar-refractivity contribution in [3.8, 4) is 0 Å². The summed E-state index contributed by atoms with van der Waals surface area (Å²) in [6.07, 6.45) is 3.21. The molecule has 0 saturated heterocycles. The second-order valence-electron chi connectivity index (χ2n) is 2.73. The number of rotatable bonds is 3. The summed E-state index contributed by atoms with van der Waals surface area (Å²) in [7, 11) is 0. The van der Waals surface area contributed by atoms with Gasteiger partial charge in [0, 0.05) is 29.3 Å². The van der Waals surface area contributed by atoms with Crippen LogP contribution in [-0.2, 0) is 0 Å². The van der Waals surface area contributed by atoms with Crippen LogP contribution in [0.15, 0.2) is 24.5 Å². The van der Waals surface area contributed by atoms with Crippen LogP contribution in [0.5, 0.6) is 0 Å². The normalized spacial score (nSPS) is 12.2. The van der Waals surface area contributed by atoms with E-state index in [0.717, 1.165) is 0 Å². The van der Waals surface area contributed by atoms with Crippen molar-refractivity contribution in [2.75, 3.05) is 6.54 Å². The number of hydrogen-bond donors (Lipinski definition) is 1. The Hall–Kier alpha value is -0.900. The fraction of sp³-hybridized carbons (Fsp3) is 0.333. The topological polar surface area (TPSA) is 42.0 Å². The zero-order chi connectivity index (χ0) is 9.68. The van der Waals surface area contributed by atoms with Gasteiger partial charge >= 0.3 is 0 Å². The van der Waals surface area contributed by atoms with Crippen LogP contribution in [0, 0.1) is 0 Å². The van der Waals surface area contributed by atoms with Gasteiger partial charge in [-0.3, -0.25) is 9.78 Å². The summed E-state index contributed by atoms with van der Waals surface area (Å²) in [5.41, 5.74) is 0.642. The first-order valence-corrected chi connectivity index (χ1v) is 4.94. The van der Waals surface area contributed by atoms with Crippen LogP contribution in [-0.4, -0.2) is 22.3 Å². The van der Waals surface area contributed by atoms with E-state index < -0.39 is 0 Å². The number of amides is 1. The summed E-state index contributed by atoms with van der Waals surface area (Å²) in [6.45, 7) is 2.61. The van der Waals surface area contributed by atoms with Gasteiger partial charge in [-0.25, -0.2) is 0 Å². The molecule has 0 saturated carbocycles. The van der Waals surface area contributed by atoms with Gasteiger partial charge in [0.1, 0.15) is 0 Å². The van der Waals surface area contributed by atoms with Gasteiger partial charge in [0.15, 0.2) is 0 Å². The molecule has 70 valence electrons. The quantitative estimate of drug-likeness (QED) is 0.819. The van der Waals surface area contributed by atoms with Crippen LogP contribution >= 0.6 is 15.9 Å². The Labute approximate surface area is 85.7 Å². The van der Waals surface area contributed by atoms with Gasteiger partial charge in [-0.15, -0.1) is 0 Å². The molecule has 0 bridgehead atoms. The highest BCUT2D eigenvalue weighted by Crippen LogP contribution is 1.98. The Morgan fingerprint density at radius 2 is 2.23 bits per heavy atom. The monoisotopic (exact) mass is 242 g/mol. The molecule has 3 nitrogen and oxygen atoms in total. The third-order valence-corrected chi connectivity index (χ3v) is 1.81. The lowest BCUT2D eigenvalue weighted by atomic mass is 10.2. The molecule has 1 aromatic rings. The maximum absolute atomic E-state index is 11.4. The Morgan fingerprint density at radius 3 is 2.77 bits per heavy atom. The Bertz CT molecular complexity index is 274. The van der Waals surface area contributed by atoms with Gasteiger partial charge in [-0.2, -0.15) is 0 Å². The van der Waals surface area contributed by atoms with E-state index in [9.17, 15) is 4.79 Å². The second-order valence-corrected chi connectivity index (χ2v) is 4.29. The van der Waals surface area contributed by atoms with Crippen LogP contribution in [0.2, 0.25) is 0 Å².